The van der Waals surface area contributed by atoms with E-state index in [0.29, 0.717) is 18.7 Å². The molecule has 0 fully saturated rings. The largest absolute Gasteiger partial charge is 0.356 e. The molecule has 1 aliphatic rings. The maximum atomic E-state index is 12.5. The SMILES string of the molecule is O=C(CCCCCNC(=O)c1cnccn1)N[C@H]1CCCc2c1[nH]c1ccccc21. The number of aromatic amines is 1. The molecule has 30 heavy (non-hydrogen) atoms. The molecule has 3 aromatic rings. The van der Waals surface area contributed by atoms with Crippen LogP contribution in [-0.4, -0.2) is 33.3 Å². The molecule has 1 atom stereocenters. The lowest BCUT2D eigenvalue weighted by atomic mass is 9.91. The highest BCUT2D eigenvalue weighted by atomic mass is 16.2. The van der Waals surface area contributed by atoms with Crippen LogP contribution in [0.2, 0.25) is 0 Å². The average molecular weight is 406 g/mol. The molecular formula is C23H27N5O2. The van der Waals surface area contributed by atoms with Gasteiger partial charge in [-0.2, -0.15) is 0 Å². The maximum Gasteiger partial charge on any atom is 0.271 e. The Morgan fingerprint density at radius 3 is 2.90 bits per heavy atom. The van der Waals surface area contributed by atoms with E-state index in [2.05, 4.69) is 43.8 Å². The van der Waals surface area contributed by atoms with Crippen molar-refractivity contribution in [3.8, 4) is 0 Å². The highest BCUT2D eigenvalue weighted by molar-refractivity contribution is 5.91. The zero-order valence-corrected chi connectivity index (χ0v) is 17.0. The number of carbonyl (C=O) groups excluding carboxylic acids is 2. The molecule has 2 aromatic heterocycles. The first kappa shape index (κ1) is 20.1. The predicted molar refractivity (Wildman–Crippen MR) is 115 cm³/mol. The van der Waals surface area contributed by atoms with E-state index in [9.17, 15) is 9.59 Å². The summed E-state index contributed by atoms with van der Waals surface area (Å²) in [5, 5.41) is 7.31. The Bertz CT molecular complexity index is 1010. The predicted octanol–water partition coefficient (Wildman–Crippen LogP) is 3.44. The summed E-state index contributed by atoms with van der Waals surface area (Å²) in [6.45, 7) is 0.568. The van der Waals surface area contributed by atoms with Crippen molar-refractivity contribution in [3.63, 3.8) is 0 Å². The number of nitrogens with one attached hydrogen (secondary N) is 3. The molecule has 0 radical (unpaired) electrons. The van der Waals surface area contributed by atoms with Gasteiger partial charge < -0.3 is 15.6 Å². The molecule has 0 spiro atoms. The molecule has 1 aliphatic carbocycles. The lowest BCUT2D eigenvalue weighted by molar-refractivity contribution is -0.122. The standard InChI is InChI=1S/C23H27N5O2/c29-21(11-2-1-5-12-26-23(30)20-15-24-13-14-25-20)27-19-10-6-8-17-16-7-3-4-9-18(16)28-22(17)19/h3-4,7,9,13-15,19,28H,1-2,5-6,8,10-12H2,(H,26,30)(H,27,29)/t19-/m0/s1. The van der Waals surface area contributed by atoms with Gasteiger partial charge in [0, 0.05) is 42.0 Å². The second-order valence-electron chi connectivity index (χ2n) is 7.73. The second-order valence-corrected chi connectivity index (χ2v) is 7.73. The van der Waals surface area contributed by atoms with Crippen LogP contribution in [0.25, 0.3) is 10.9 Å². The molecule has 2 amide bonds. The van der Waals surface area contributed by atoms with Crippen molar-refractivity contribution in [1.82, 2.24) is 25.6 Å². The molecule has 0 aliphatic heterocycles. The highest BCUT2D eigenvalue weighted by Crippen LogP contribution is 2.34. The molecule has 7 nitrogen and oxygen atoms in total. The molecule has 0 unspecified atom stereocenters. The van der Waals surface area contributed by atoms with Gasteiger partial charge in [-0.25, -0.2) is 4.98 Å². The highest BCUT2D eigenvalue weighted by Gasteiger charge is 2.25. The number of unbranched alkanes of at least 4 members (excludes halogenated alkanes) is 2. The number of H-pyrrole nitrogens is 1. The van der Waals surface area contributed by atoms with Gasteiger partial charge in [0.1, 0.15) is 5.69 Å². The summed E-state index contributed by atoms with van der Waals surface area (Å²) in [5.41, 5.74) is 3.98. The Morgan fingerprint density at radius 2 is 2.03 bits per heavy atom. The third kappa shape index (κ3) is 4.67. The topological polar surface area (TPSA) is 99.8 Å². The summed E-state index contributed by atoms with van der Waals surface area (Å²) < 4.78 is 0. The van der Waals surface area contributed by atoms with E-state index in [1.54, 1.807) is 0 Å². The number of fused-ring (bicyclic) bond motifs is 3. The van der Waals surface area contributed by atoms with Gasteiger partial charge in [-0.15, -0.1) is 0 Å². The minimum absolute atomic E-state index is 0.0694. The Balaban J connectivity index is 1.19. The molecule has 0 saturated heterocycles. The fourth-order valence-electron chi connectivity index (χ4n) is 4.12. The molecule has 7 heteroatoms. The minimum Gasteiger partial charge on any atom is -0.356 e. The second kappa shape index (κ2) is 9.52. The van der Waals surface area contributed by atoms with Crippen molar-refractivity contribution in [2.24, 2.45) is 0 Å². The molecular weight excluding hydrogens is 378 g/mol. The number of para-hydroxylation sites is 1. The van der Waals surface area contributed by atoms with Gasteiger partial charge in [-0.1, -0.05) is 24.6 Å². The van der Waals surface area contributed by atoms with E-state index in [1.165, 1.54) is 35.2 Å². The van der Waals surface area contributed by atoms with Gasteiger partial charge in [0.15, 0.2) is 0 Å². The first-order chi connectivity index (χ1) is 14.7. The monoisotopic (exact) mass is 405 g/mol. The first-order valence-electron chi connectivity index (χ1n) is 10.7. The smallest absolute Gasteiger partial charge is 0.271 e. The number of amides is 2. The van der Waals surface area contributed by atoms with Crippen molar-refractivity contribution in [1.29, 1.82) is 0 Å². The van der Waals surface area contributed by atoms with Crippen molar-refractivity contribution < 1.29 is 9.59 Å². The van der Waals surface area contributed by atoms with Crippen LogP contribution in [0.4, 0.5) is 0 Å². The van der Waals surface area contributed by atoms with Gasteiger partial charge in [0.25, 0.3) is 5.91 Å². The van der Waals surface area contributed by atoms with Gasteiger partial charge >= 0.3 is 0 Å². The van der Waals surface area contributed by atoms with Crippen LogP contribution >= 0.6 is 0 Å². The van der Waals surface area contributed by atoms with Crippen LogP contribution in [0.15, 0.2) is 42.9 Å². The number of rotatable bonds is 8. The summed E-state index contributed by atoms with van der Waals surface area (Å²) in [5.74, 6) is -0.123. The van der Waals surface area contributed by atoms with Gasteiger partial charge in [0.05, 0.1) is 12.2 Å². The number of aryl methyl sites for hydroxylation is 1. The van der Waals surface area contributed by atoms with Gasteiger partial charge in [-0.3, -0.25) is 14.6 Å². The van der Waals surface area contributed by atoms with Crippen LogP contribution in [0.3, 0.4) is 0 Å². The summed E-state index contributed by atoms with van der Waals surface area (Å²) in [6, 6.07) is 8.41. The van der Waals surface area contributed by atoms with E-state index in [1.807, 2.05) is 6.07 Å². The fraction of sp³-hybridized carbons (Fsp3) is 0.391. The van der Waals surface area contributed by atoms with Crippen LogP contribution < -0.4 is 10.6 Å². The van der Waals surface area contributed by atoms with Gasteiger partial charge in [-0.05, 0) is 43.7 Å². The molecule has 4 rings (SSSR count). The summed E-state index contributed by atoms with van der Waals surface area (Å²) >= 11 is 0. The van der Waals surface area contributed by atoms with E-state index < -0.39 is 0 Å². The van der Waals surface area contributed by atoms with Gasteiger partial charge in [0.2, 0.25) is 5.91 Å². The molecule has 1 aromatic carbocycles. The molecule has 0 saturated carbocycles. The number of benzene rings is 1. The first-order valence-corrected chi connectivity index (χ1v) is 10.7. The average Bonchev–Trinajstić information content (AvgIpc) is 3.16. The normalized spacial score (nSPS) is 15.5. The van der Waals surface area contributed by atoms with E-state index in [0.717, 1.165) is 44.0 Å². The Morgan fingerprint density at radius 1 is 1.13 bits per heavy atom. The third-order valence-electron chi connectivity index (χ3n) is 5.61. The van der Waals surface area contributed by atoms with E-state index in [4.69, 9.17) is 0 Å². The maximum absolute atomic E-state index is 12.5. The fourth-order valence-corrected chi connectivity index (χ4v) is 4.12. The number of hydrogen-bond acceptors (Lipinski definition) is 4. The summed E-state index contributed by atoms with van der Waals surface area (Å²) in [6.07, 6.45) is 10.6. The molecule has 0 bridgehead atoms. The number of hydrogen-bond donors (Lipinski definition) is 3. The molecule has 2 heterocycles. The number of nitrogens with zero attached hydrogens (tertiary/aromatic N) is 2. The van der Waals surface area contributed by atoms with Crippen molar-refractivity contribution in [3.05, 3.63) is 59.8 Å². The van der Waals surface area contributed by atoms with E-state index >= 15 is 0 Å². The Kier molecular flexibility index (Phi) is 6.37. The molecule has 3 N–H and O–H groups in total. The Hall–Kier alpha value is -3.22. The Labute approximate surface area is 175 Å². The van der Waals surface area contributed by atoms with Crippen LogP contribution in [-0.2, 0) is 11.2 Å². The van der Waals surface area contributed by atoms with Crippen molar-refractivity contribution in [2.75, 3.05) is 6.54 Å². The van der Waals surface area contributed by atoms with Crippen molar-refractivity contribution in [2.45, 2.75) is 51.0 Å². The zero-order chi connectivity index (χ0) is 20.8. The summed E-state index contributed by atoms with van der Waals surface area (Å²) in [4.78, 5) is 35.7. The van der Waals surface area contributed by atoms with E-state index in [-0.39, 0.29) is 17.9 Å². The van der Waals surface area contributed by atoms with Crippen LogP contribution in [0.1, 0.15) is 66.3 Å². The lowest BCUT2D eigenvalue weighted by Crippen LogP contribution is -2.30. The third-order valence-corrected chi connectivity index (χ3v) is 5.61. The van der Waals surface area contributed by atoms with Crippen molar-refractivity contribution >= 4 is 22.7 Å². The van der Waals surface area contributed by atoms with Crippen LogP contribution in [0, 0.1) is 0 Å². The number of aromatic nitrogens is 3. The summed E-state index contributed by atoms with van der Waals surface area (Å²) in [7, 11) is 0. The molecule has 156 valence electrons. The van der Waals surface area contributed by atoms with Crippen LogP contribution in [0.5, 0.6) is 0 Å². The quantitative estimate of drug-likeness (QED) is 0.500. The number of carbonyl (C=O) groups is 2. The lowest BCUT2D eigenvalue weighted by Gasteiger charge is -2.24. The zero-order valence-electron chi connectivity index (χ0n) is 17.0. The minimum atomic E-state index is -0.215.